The Balaban J connectivity index is 1.81. The fourth-order valence-electron chi connectivity index (χ4n) is 3.30. The lowest BCUT2D eigenvalue weighted by Crippen LogP contribution is -2.35. The van der Waals surface area contributed by atoms with Crippen LogP contribution in [0.4, 0.5) is 18.9 Å². The predicted molar refractivity (Wildman–Crippen MR) is 94.3 cm³/mol. The highest BCUT2D eigenvalue weighted by atomic mass is 19.4. The fraction of sp³-hybridized carbons (Fsp3) is 0.333. The summed E-state index contributed by atoms with van der Waals surface area (Å²) in [6, 6.07) is 6.01. The molecule has 27 heavy (non-hydrogen) atoms. The summed E-state index contributed by atoms with van der Waals surface area (Å²) in [7, 11) is 0. The number of rotatable bonds is 3. The second-order valence-electron chi connectivity index (χ2n) is 6.31. The van der Waals surface area contributed by atoms with Crippen molar-refractivity contribution < 1.29 is 17.9 Å². The first-order valence-electron chi connectivity index (χ1n) is 8.54. The average molecular weight is 377 g/mol. The minimum absolute atomic E-state index is 0.0562. The van der Waals surface area contributed by atoms with E-state index in [0.717, 1.165) is 24.8 Å². The number of aromatic nitrogens is 3. The van der Waals surface area contributed by atoms with E-state index in [-0.39, 0.29) is 12.1 Å². The highest BCUT2D eigenvalue weighted by Gasteiger charge is 2.33. The highest BCUT2D eigenvalue weighted by Crippen LogP contribution is 2.36. The molecular formula is C18H18F3N5O. The molecule has 0 atom stereocenters. The predicted octanol–water partition coefficient (Wildman–Crippen LogP) is 2.71. The molecule has 3 heterocycles. The molecule has 0 bridgehead atoms. The lowest BCUT2D eigenvalue weighted by molar-refractivity contribution is -0.138. The average Bonchev–Trinajstić information content (AvgIpc) is 3.12. The zero-order valence-electron chi connectivity index (χ0n) is 14.4. The summed E-state index contributed by atoms with van der Waals surface area (Å²) in [6.07, 6.45) is -1.28. The Morgan fingerprint density at radius 3 is 2.63 bits per heavy atom. The molecule has 1 aliphatic heterocycles. The van der Waals surface area contributed by atoms with Gasteiger partial charge in [0.05, 0.1) is 41.9 Å². The molecule has 1 aromatic carbocycles. The molecule has 2 aromatic heterocycles. The number of halogens is 3. The lowest BCUT2D eigenvalue weighted by Gasteiger charge is -2.27. The van der Waals surface area contributed by atoms with Crippen molar-refractivity contribution in [3.8, 4) is 11.3 Å². The maximum Gasteiger partial charge on any atom is 0.416 e. The van der Waals surface area contributed by atoms with Crippen LogP contribution >= 0.6 is 0 Å². The molecule has 0 amide bonds. The number of fused-ring (bicyclic) bond motifs is 1. The number of alkyl halides is 3. The van der Waals surface area contributed by atoms with Crippen molar-refractivity contribution in [2.24, 2.45) is 5.73 Å². The summed E-state index contributed by atoms with van der Waals surface area (Å²) in [6.45, 7) is 2.60. The molecule has 0 radical (unpaired) electrons. The van der Waals surface area contributed by atoms with Gasteiger partial charge in [0.15, 0.2) is 0 Å². The smallest absolute Gasteiger partial charge is 0.378 e. The van der Waals surface area contributed by atoms with Crippen molar-refractivity contribution in [2.75, 3.05) is 31.2 Å². The molecule has 3 aromatic rings. The number of nitrogens with zero attached hydrogens (tertiary/aromatic N) is 4. The summed E-state index contributed by atoms with van der Waals surface area (Å²) in [5.74, 6) is 0. The van der Waals surface area contributed by atoms with Gasteiger partial charge in [0, 0.05) is 25.2 Å². The number of ether oxygens (including phenoxy) is 1. The van der Waals surface area contributed by atoms with Crippen molar-refractivity contribution >= 4 is 11.2 Å². The van der Waals surface area contributed by atoms with Gasteiger partial charge in [-0.15, -0.1) is 0 Å². The van der Waals surface area contributed by atoms with E-state index < -0.39 is 11.7 Å². The van der Waals surface area contributed by atoms with Crippen LogP contribution in [-0.4, -0.2) is 40.9 Å². The Bertz CT molecular complexity index is 963. The van der Waals surface area contributed by atoms with E-state index in [1.165, 1.54) is 12.4 Å². The largest absolute Gasteiger partial charge is 0.416 e. The van der Waals surface area contributed by atoms with Gasteiger partial charge in [-0.1, -0.05) is 12.1 Å². The molecule has 2 N–H and O–H groups in total. The molecule has 6 nitrogen and oxygen atoms in total. The summed E-state index contributed by atoms with van der Waals surface area (Å²) >= 11 is 0. The van der Waals surface area contributed by atoms with E-state index in [0.29, 0.717) is 30.0 Å². The quantitative estimate of drug-likeness (QED) is 0.760. The number of hydrogen-bond acceptors (Lipinski definition) is 5. The van der Waals surface area contributed by atoms with Gasteiger partial charge in [-0.05, 0) is 17.7 Å². The fourth-order valence-corrected chi connectivity index (χ4v) is 3.30. The van der Waals surface area contributed by atoms with E-state index in [2.05, 4.69) is 15.0 Å². The Labute approximate surface area is 153 Å². The topological polar surface area (TPSA) is 68.7 Å². The zero-order valence-corrected chi connectivity index (χ0v) is 14.4. The number of nitrogens with two attached hydrogens (primary N) is 1. The lowest BCUT2D eigenvalue weighted by atomic mass is 10.0. The van der Waals surface area contributed by atoms with Crippen LogP contribution in [0.3, 0.4) is 0 Å². The van der Waals surface area contributed by atoms with Gasteiger partial charge in [0.25, 0.3) is 0 Å². The van der Waals surface area contributed by atoms with Crippen LogP contribution in [0.15, 0.2) is 36.8 Å². The normalized spacial score (nSPS) is 15.5. The molecule has 0 aliphatic carbocycles. The van der Waals surface area contributed by atoms with Crippen molar-refractivity contribution in [3.05, 3.63) is 47.9 Å². The van der Waals surface area contributed by atoms with Gasteiger partial charge in [-0.2, -0.15) is 18.3 Å². The van der Waals surface area contributed by atoms with Crippen LogP contribution in [0.2, 0.25) is 0 Å². The molecule has 1 aliphatic rings. The summed E-state index contributed by atoms with van der Waals surface area (Å²) in [5.41, 5.74) is 7.19. The second-order valence-corrected chi connectivity index (χ2v) is 6.31. The van der Waals surface area contributed by atoms with Crippen LogP contribution in [-0.2, 0) is 17.5 Å². The van der Waals surface area contributed by atoms with Gasteiger partial charge in [0.2, 0.25) is 0 Å². The van der Waals surface area contributed by atoms with Crippen molar-refractivity contribution in [1.82, 2.24) is 14.6 Å². The Kier molecular flexibility index (Phi) is 4.48. The van der Waals surface area contributed by atoms with Crippen LogP contribution in [0.1, 0.15) is 11.1 Å². The summed E-state index contributed by atoms with van der Waals surface area (Å²) in [4.78, 5) is 6.39. The highest BCUT2D eigenvalue weighted by molar-refractivity contribution is 5.80. The van der Waals surface area contributed by atoms with Gasteiger partial charge in [0.1, 0.15) is 6.33 Å². The van der Waals surface area contributed by atoms with E-state index in [9.17, 15) is 13.2 Å². The third kappa shape index (κ3) is 3.35. The molecule has 4 rings (SSSR count). The maximum absolute atomic E-state index is 13.4. The van der Waals surface area contributed by atoms with E-state index in [4.69, 9.17) is 10.5 Å². The second kappa shape index (κ2) is 6.82. The van der Waals surface area contributed by atoms with Crippen molar-refractivity contribution in [2.45, 2.75) is 12.7 Å². The van der Waals surface area contributed by atoms with Crippen LogP contribution in [0.25, 0.3) is 16.8 Å². The summed E-state index contributed by atoms with van der Waals surface area (Å²) < 4.78 is 47.1. The Hall–Kier alpha value is -2.65. The zero-order chi connectivity index (χ0) is 19.0. The van der Waals surface area contributed by atoms with E-state index in [1.807, 2.05) is 12.3 Å². The molecule has 0 spiro atoms. The van der Waals surface area contributed by atoms with Crippen LogP contribution in [0.5, 0.6) is 0 Å². The van der Waals surface area contributed by atoms with Gasteiger partial charge < -0.3 is 15.4 Å². The SMILES string of the molecule is NCc1ccc(-c2ncnn3cc(N4CCOCC4)cc23)cc1C(F)(F)F. The summed E-state index contributed by atoms with van der Waals surface area (Å²) in [5, 5.41) is 4.19. The minimum atomic E-state index is -4.48. The first-order valence-corrected chi connectivity index (χ1v) is 8.54. The van der Waals surface area contributed by atoms with Crippen LogP contribution < -0.4 is 10.6 Å². The first kappa shape index (κ1) is 17.7. The first-order chi connectivity index (χ1) is 13.0. The standard InChI is InChI=1S/C18H18F3N5O/c19-18(20,21)15-7-12(1-2-13(15)9-22)17-16-8-14(10-26(16)24-11-23-17)25-3-5-27-6-4-25/h1-2,7-8,10-11H,3-6,9,22H2. The number of benzene rings is 1. The Morgan fingerprint density at radius 2 is 1.93 bits per heavy atom. The van der Waals surface area contributed by atoms with Gasteiger partial charge >= 0.3 is 6.18 Å². The van der Waals surface area contributed by atoms with Crippen molar-refractivity contribution in [3.63, 3.8) is 0 Å². The third-order valence-corrected chi connectivity index (χ3v) is 4.68. The maximum atomic E-state index is 13.4. The molecule has 0 unspecified atom stereocenters. The van der Waals surface area contributed by atoms with E-state index >= 15 is 0 Å². The number of morpholine rings is 1. The van der Waals surface area contributed by atoms with Crippen LogP contribution in [0, 0.1) is 0 Å². The van der Waals surface area contributed by atoms with Gasteiger partial charge in [-0.25, -0.2) is 9.50 Å². The molecular weight excluding hydrogens is 359 g/mol. The Morgan fingerprint density at radius 1 is 1.15 bits per heavy atom. The number of anilines is 1. The minimum Gasteiger partial charge on any atom is -0.378 e. The number of hydrogen-bond donors (Lipinski definition) is 1. The third-order valence-electron chi connectivity index (χ3n) is 4.68. The molecule has 142 valence electrons. The van der Waals surface area contributed by atoms with Crippen molar-refractivity contribution in [1.29, 1.82) is 0 Å². The monoisotopic (exact) mass is 377 g/mol. The molecule has 0 saturated carbocycles. The van der Waals surface area contributed by atoms with Gasteiger partial charge in [-0.3, -0.25) is 0 Å². The molecule has 1 saturated heterocycles. The molecule has 1 fully saturated rings. The molecule has 9 heteroatoms. The van der Waals surface area contributed by atoms with E-state index in [1.54, 1.807) is 10.6 Å².